The van der Waals surface area contributed by atoms with Crippen LogP contribution in [-0.2, 0) is 6.54 Å². The highest BCUT2D eigenvalue weighted by atomic mass is 19.1. The molecule has 0 spiro atoms. The largest absolute Gasteiger partial charge is 0.371 e. The van der Waals surface area contributed by atoms with E-state index in [4.69, 9.17) is 0 Å². The average Bonchev–Trinajstić information content (AvgIpc) is 2.64. The molecule has 0 bridgehead atoms. The standard InChI is InChI=1S/C17H27FN2/c1-3-9-19-13-15-12-16(18)6-7-17(15)20-10-4-5-14(2)8-11-20/h6-7,12,14,19H,3-5,8-11,13H2,1-2H3. The Kier molecular flexibility index (Phi) is 5.84. The molecule has 3 heteroatoms. The van der Waals surface area contributed by atoms with Gasteiger partial charge in [-0.2, -0.15) is 0 Å². The molecular weight excluding hydrogens is 251 g/mol. The van der Waals surface area contributed by atoms with E-state index < -0.39 is 0 Å². The van der Waals surface area contributed by atoms with Crippen molar-refractivity contribution < 1.29 is 4.39 Å². The Bertz CT molecular complexity index is 419. The van der Waals surface area contributed by atoms with Gasteiger partial charge in [0.15, 0.2) is 0 Å². The van der Waals surface area contributed by atoms with Crippen LogP contribution in [0.3, 0.4) is 0 Å². The minimum absolute atomic E-state index is 0.134. The minimum Gasteiger partial charge on any atom is -0.371 e. The number of hydrogen-bond donors (Lipinski definition) is 1. The maximum atomic E-state index is 13.5. The highest BCUT2D eigenvalue weighted by Gasteiger charge is 2.16. The van der Waals surface area contributed by atoms with Gasteiger partial charge in [0.1, 0.15) is 5.82 Å². The summed E-state index contributed by atoms with van der Waals surface area (Å²) in [5, 5.41) is 3.39. The molecule has 1 fully saturated rings. The SMILES string of the molecule is CCCNCc1cc(F)ccc1N1CCCC(C)CC1. The van der Waals surface area contributed by atoms with E-state index in [1.807, 2.05) is 6.07 Å². The molecule has 1 aromatic rings. The molecule has 1 aliphatic heterocycles. The molecule has 1 saturated heterocycles. The van der Waals surface area contributed by atoms with Gasteiger partial charge in [0.05, 0.1) is 0 Å². The van der Waals surface area contributed by atoms with Gasteiger partial charge in [-0.25, -0.2) is 4.39 Å². The molecule has 20 heavy (non-hydrogen) atoms. The maximum absolute atomic E-state index is 13.5. The second-order valence-electron chi connectivity index (χ2n) is 5.97. The van der Waals surface area contributed by atoms with Gasteiger partial charge < -0.3 is 10.2 Å². The number of nitrogens with one attached hydrogen (secondary N) is 1. The second-order valence-corrected chi connectivity index (χ2v) is 5.97. The summed E-state index contributed by atoms with van der Waals surface area (Å²) in [6.45, 7) is 8.40. The van der Waals surface area contributed by atoms with Crippen molar-refractivity contribution in [3.63, 3.8) is 0 Å². The van der Waals surface area contributed by atoms with E-state index >= 15 is 0 Å². The van der Waals surface area contributed by atoms with Gasteiger partial charge in [0, 0.05) is 25.3 Å². The number of halogens is 1. The highest BCUT2D eigenvalue weighted by molar-refractivity contribution is 5.54. The Hall–Kier alpha value is -1.09. The van der Waals surface area contributed by atoms with Crippen LogP contribution in [0, 0.1) is 11.7 Å². The first kappa shape index (κ1) is 15.3. The molecule has 1 aromatic carbocycles. The first-order chi connectivity index (χ1) is 9.70. The van der Waals surface area contributed by atoms with Crippen molar-refractivity contribution in [2.75, 3.05) is 24.5 Å². The van der Waals surface area contributed by atoms with Crippen LogP contribution in [0.1, 0.15) is 45.1 Å². The first-order valence-corrected chi connectivity index (χ1v) is 7.94. The summed E-state index contributed by atoms with van der Waals surface area (Å²) in [4.78, 5) is 2.44. The van der Waals surface area contributed by atoms with Gasteiger partial charge >= 0.3 is 0 Å². The normalized spacial score (nSPS) is 19.9. The zero-order valence-electron chi connectivity index (χ0n) is 12.8. The fourth-order valence-electron chi connectivity index (χ4n) is 2.91. The lowest BCUT2D eigenvalue weighted by Crippen LogP contribution is -2.26. The van der Waals surface area contributed by atoms with E-state index in [1.165, 1.54) is 24.9 Å². The summed E-state index contributed by atoms with van der Waals surface area (Å²) in [5.41, 5.74) is 2.30. The Morgan fingerprint density at radius 3 is 2.95 bits per heavy atom. The molecule has 1 aliphatic rings. The van der Waals surface area contributed by atoms with E-state index in [9.17, 15) is 4.39 Å². The van der Waals surface area contributed by atoms with Crippen LogP contribution >= 0.6 is 0 Å². The summed E-state index contributed by atoms with van der Waals surface area (Å²) < 4.78 is 13.5. The molecule has 1 atom stereocenters. The molecule has 1 unspecified atom stereocenters. The van der Waals surface area contributed by atoms with E-state index in [1.54, 1.807) is 12.1 Å². The predicted molar refractivity (Wildman–Crippen MR) is 83.6 cm³/mol. The summed E-state index contributed by atoms with van der Waals surface area (Å²) >= 11 is 0. The summed E-state index contributed by atoms with van der Waals surface area (Å²) in [6, 6.07) is 5.23. The molecule has 1 heterocycles. The summed E-state index contributed by atoms with van der Waals surface area (Å²) in [5.74, 6) is 0.673. The van der Waals surface area contributed by atoms with Gasteiger partial charge in [-0.3, -0.25) is 0 Å². The van der Waals surface area contributed by atoms with Gasteiger partial charge in [0.2, 0.25) is 0 Å². The van der Waals surface area contributed by atoms with Gasteiger partial charge in [-0.05, 0) is 61.9 Å². The number of anilines is 1. The highest BCUT2D eigenvalue weighted by Crippen LogP contribution is 2.26. The van der Waals surface area contributed by atoms with Crippen LogP contribution in [0.25, 0.3) is 0 Å². The molecule has 0 aromatic heterocycles. The Morgan fingerprint density at radius 2 is 2.15 bits per heavy atom. The van der Waals surface area contributed by atoms with Gasteiger partial charge in [0.25, 0.3) is 0 Å². The summed E-state index contributed by atoms with van der Waals surface area (Å²) in [6.07, 6.45) is 4.88. The Balaban J connectivity index is 2.12. The van der Waals surface area contributed by atoms with Gasteiger partial charge in [-0.1, -0.05) is 13.8 Å². The first-order valence-electron chi connectivity index (χ1n) is 7.94. The van der Waals surface area contributed by atoms with Crippen molar-refractivity contribution in [1.82, 2.24) is 5.32 Å². The van der Waals surface area contributed by atoms with E-state index in [0.717, 1.165) is 44.1 Å². The van der Waals surface area contributed by atoms with Gasteiger partial charge in [-0.15, -0.1) is 0 Å². The third kappa shape index (κ3) is 4.20. The van der Waals surface area contributed by atoms with Crippen LogP contribution in [0.2, 0.25) is 0 Å². The van der Waals surface area contributed by atoms with Crippen LogP contribution < -0.4 is 10.2 Å². The van der Waals surface area contributed by atoms with E-state index in [-0.39, 0.29) is 5.82 Å². The van der Waals surface area contributed by atoms with Crippen LogP contribution in [-0.4, -0.2) is 19.6 Å². The number of hydrogen-bond acceptors (Lipinski definition) is 2. The lowest BCUT2D eigenvalue weighted by molar-refractivity contribution is 0.521. The minimum atomic E-state index is -0.134. The summed E-state index contributed by atoms with van der Waals surface area (Å²) in [7, 11) is 0. The second kappa shape index (κ2) is 7.63. The van der Waals surface area contributed by atoms with Crippen molar-refractivity contribution in [2.45, 2.75) is 46.1 Å². The Labute approximate surface area is 122 Å². The molecule has 2 nitrogen and oxygen atoms in total. The maximum Gasteiger partial charge on any atom is 0.123 e. The fraction of sp³-hybridized carbons (Fsp3) is 0.647. The van der Waals surface area contributed by atoms with Crippen LogP contribution in [0.4, 0.5) is 10.1 Å². The third-order valence-electron chi connectivity index (χ3n) is 4.14. The zero-order chi connectivity index (χ0) is 14.4. The molecular formula is C17H27FN2. The zero-order valence-corrected chi connectivity index (χ0v) is 12.8. The molecule has 1 N–H and O–H groups in total. The number of benzene rings is 1. The molecule has 2 rings (SSSR count). The van der Waals surface area contributed by atoms with Crippen molar-refractivity contribution in [3.05, 3.63) is 29.6 Å². The number of rotatable bonds is 5. The molecule has 0 radical (unpaired) electrons. The quantitative estimate of drug-likeness (QED) is 0.820. The molecule has 0 saturated carbocycles. The molecule has 0 aliphatic carbocycles. The Morgan fingerprint density at radius 1 is 1.30 bits per heavy atom. The fourth-order valence-corrected chi connectivity index (χ4v) is 2.91. The lowest BCUT2D eigenvalue weighted by Gasteiger charge is -2.26. The number of nitrogens with zero attached hydrogens (tertiary/aromatic N) is 1. The average molecular weight is 278 g/mol. The van der Waals surface area contributed by atoms with Crippen molar-refractivity contribution in [2.24, 2.45) is 5.92 Å². The topological polar surface area (TPSA) is 15.3 Å². The van der Waals surface area contributed by atoms with Crippen molar-refractivity contribution in [3.8, 4) is 0 Å². The van der Waals surface area contributed by atoms with Crippen molar-refractivity contribution >= 4 is 5.69 Å². The van der Waals surface area contributed by atoms with Crippen LogP contribution in [0.15, 0.2) is 18.2 Å². The van der Waals surface area contributed by atoms with E-state index in [2.05, 4.69) is 24.1 Å². The third-order valence-corrected chi connectivity index (χ3v) is 4.14. The molecule has 112 valence electrons. The van der Waals surface area contributed by atoms with E-state index in [0.29, 0.717) is 0 Å². The smallest absolute Gasteiger partial charge is 0.123 e. The predicted octanol–water partition coefficient (Wildman–Crippen LogP) is 3.95. The van der Waals surface area contributed by atoms with Crippen LogP contribution in [0.5, 0.6) is 0 Å². The molecule has 0 amide bonds. The monoisotopic (exact) mass is 278 g/mol. The lowest BCUT2D eigenvalue weighted by atomic mass is 10.0. The van der Waals surface area contributed by atoms with Crippen molar-refractivity contribution in [1.29, 1.82) is 0 Å².